The van der Waals surface area contributed by atoms with Crippen LogP contribution in [0.15, 0.2) is 84.6 Å². The van der Waals surface area contributed by atoms with Crippen LogP contribution in [0.1, 0.15) is 42.2 Å². The van der Waals surface area contributed by atoms with Crippen molar-refractivity contribution in [1.29, 1.82) is 0 Å². The normalized spacial score (nSPS) is 13.1. The summed E-state index contributed by atoms with van der Waals surface area (Å²) in [5.41, 5.74) is 2.10. The number of aldehydes is 1. The first-order valence-electron chi connectivity index (χ1n) is 9.40. The molecule has 0 saturated heterocycles. The van der Waals surface area contributed by atoms with Gasteiger partial charge in [-0.3, -0.25) is 19.2 Å². The number of ketones is 2. The fourth-order valence-corrected chi connectivity index (χ4v) is 3.50. The monoisotopic (exact) mass is 395 g/mol. The van der Waals surface area contributed by atoms with E-state index in [0.717, 1.165) is 5.56 Å². The molecule has 1 N–H and O–H groups in total. The minimum absolute atomic E-state index is 0.0646. The van der Waals surface area contributed by atoms with Gasteiger partial charge in [-0.1, -0.05) is 72.8 Å². The maximum atomic E-state index is 13.3. The predicted octanol–water partition coefficient (Wildman–Crippen LogP) is 3.65. The van der Waals surface area contributed by atoms with Gasteiger partial charge in [-0.25, -0.2) is 0 Å². The molecule has 4 rings (SSSR count). The van der Waals surface area contributed by atoms with E-state index in [1.807, 2.05) is 30.3 Å². The number of benzene rings is 3. The first-order chi connectivity index (χ1) is 14.6. The number of allylic oxidation sites excluding steroid dienone is 2. The molecule has 3 aromatic rings. The van der Waals surface area contributed by atoms with Gasteiger partial charge in [-0.2, -0.15) is 0 Å². The summed E-state index contributed by atoms with van der Waals surface area (Å²) in [6.45, 7) is 0. The molecule has 0 saturated carbocycles. The Bertz CT molecular complexity index is 1210. The summed E-state index contributed by atoms with van der Waals surface area (Å²) in [6, 6.07) is 22.0. The summed E-state index contributed by atoms with van der Waals surface area (Å²) in [7, 11) is 0. The number of carbonyl (C=O) groups is 4. The number of hydrogen-bond acceptors (Lipinski definition) is 4. The summed E-state index contributed by atoms with van der Waals surface area (Å²) >= 11 is 0. The molecule has 3 aromatic carbocycles. The minimum atomic E-state index is -0.432. The van der Waals surface area contributed by atoms with Crippen LogP contribution in [0.5, 0.6) is 0 Å². The highest BCUT2D eigenvalue weighted by molar-refractivity contribution is 6.40. The van der Waals surface area contributed by atoms with Gasteiger partial charge >= 0.3 is 0 Å². The lowest BCUT2D eigenvalue weighted by Gasteiger charge is -2.22. The van der Waals surface area contributed by atoms with Crippen molar-refractivity contribution in [2.75, 3.05) is 0 Å². The van der Waals surface area contributed by atoms with Gasteiger partial charge in [0.2, 0.25) is 11.7 Å². The van der Waals surface area contributed by atoms with Crippen LogP contribution in [0.3, 0.4) is 0 Å². The van der Waals surface area contributed by atoms with Crippen LogP contribution in [0.4, 0.5) is 0 Å². The zero-order valence-corrected chi connectivity index (χ0v) is 15.9. The molecule has 0 radical (unpaired) electrons. The van der Waals surface area contributed by atoms with Crippen molar-refractivity contribution in [3.05, 3.63) is 112 Å². The Hall–Kier alpha value is -4.12. The molecule has 0 aliphatic heterocycles. The number of carbonyl (C=O) groups excluding carboxylic acids is 4. The van der Waals surface area contributed by atoms with Gasteiger partial charge in [0.05, 0.1) is 12.0 Å². The third-order valence-electron chi connectivity index (χ3n) is 4.90. The van der Waals surface area contributed by atoms with E-state index in [1.54, 1.807) is 42.5 Å². The Morgan fingerprint density at radius 2 is 1.47 bits per heavy atom. The van der Waals surface area contributed by atoms with Gasteiger partial charge in [-0.05, 0) is 17.2 Å². The topological polar surface area (TPSA) is 80.3 Å². The van der Waals surface area contributed by atoms with Crippen molar-refractivity contribution >= 4 is 29.3 Å². The first kappa shape index (κ1) is 19.2. The SMILES string of the molecule is O=Cc1cccc(C2=C(NC(=O)Cc3ccccc3)C(=O)c3ccccc3C2=O)c1. The lowest BCUT2D eigenvalue weighted by Crippen LogP contribution is -2.34. The zero-order chi connectivity index (χ0) is 21.1. The zero-order valence-electron chi connectivity index (χ0n) is 15.9. The highest BCUT2D eigenvalue weighted by Crippen LogP contribution is 2.31. The second-order valence-corrected chi connectivity index (χ2v) is 6.91. The van der Waals surface area contributed by atoms with Crippen LogP contribution in [-0.2, 0) is 11.2 Å². The maximum absolute atomic E-state index is 13.3. The Kier molecular flexibility index (Phi) is 5.18. The third-order valence-corrected chi connectivity index (χ3v) is 4.90. The highest BCUT2D eigenvalue weighted by Gasteiger charge is 2.33. The van der Waals surface area contributed by atoms with E-state index in [2.05, 4.69) is 5.32 Å². The van der Waals surface area contributed by atoms with E-state index in [4.69, 9.17) is 0 Å². The van der Waals surface area contributed by atoms with Gasteiger partial charge in [0, 0.05) is 16.7 Å². The summed E-state index contributed by atoms with van der Waals surface area (Å²) in [4.78, 5) is 50.3. The van der Waals surface area contributed by atoms with Crippen molar-refractivity contribution in [3.63, 3.8) is 0 Å². The van der Waals surface area contributed by atoms with E-state index < -0.39 is 11.7 Å². The van der Waals surface area contributed by atoms with Crippen molar-refractivity contribution < 1.29 is 19.2 Å². The molecule has 0 heterocycles. The summed E-state index contributed by atoms with van der Waals surface area (Å²) in [6.07, 6.45) is 0.732. The summed E-state index contributed by atoms with van der Waals surface area (Å²) in [5.74, 6) is -1.21. The number of fused-ring (bicyclic) bond motifs is 1. The molecule has 1 amide bonds. The molecule has 0 unspecified atom stereocenters. The number of hydrogen-bond donors (Lipinski definition) is 1. The fourth-order valence-electron chi connectivity index (χ4n) is 3.50. The van der Waals surface area contributed by atoms with Crippen LogP contribution in [-0.4, -0.2) is 23.8 Å². The van der Waals surface area contributed by atoms with Crippen LogP contribution in [0.2, 0.25) is 0 Å². The van der Waals surface area contributed by atoms with Gasteiger partial charge in [0.25, 0.3) is 0 Å². The molecule has 0 fully saturated rings. The molecule has 1 aliphatic carbocycles. The second kappa shape index (κ2) is 8.09. The van der Waals surface area contributed by atoms with E-state index in [-0.39, 0.29) is 34.6 Å². The summed E-state index contributed by atoms with van der Waals surface area (Å²) < 4.78 is 0. The molecule has 0 bridgehead atoms. The van der Waals surface area contributed by atoms with E-state index >= 15 is 0 Å². The molecule has 0 atom stereocenters. The van der Waals surface area contributed by atoms with Gasteiger partial charge < -0.3 is 5.32 Å². The first-order valence-corrected chi connectivity index (χ1v) is 9.40. The van der Waals surface area contributed by atoms with Crippen LogP contribution in [0.25, 0.3) is 5.57 Å². The fraction of sp³-hybridized carbons (Fsp3) is 0.0400. The number of amides is 1. The Balaban J connectivity index is 1.80. The average Bonchev–Trinajstić information content (AvgIpc) is 2.78. The Morgan fingerprint density at radius 3 is 2.17 bits per heavy atom. The van der Waals surface area contributed by atoms with E-state index in [1.165, 1.54) is 6.07 Å². The molecule has 0 aromatic heterocycles. The lowest BCUT2D eigenvalue weighted by molar-refractivity contribution is -0.119. The minimum Gasteiger partial charge on any atom is -0.322 e. The lowest BCUT2D eigenvalue weighted by atomic mass is 9.83. The quantitative estimate of drug-likeness (QED) is 0.669. The van der Waals surface area contributed by atoms with Gasteiger partial charge in [0.1, 0.15) is 12.0 Å². The summed E-state index contributed by atoms with van der Waals surface area (Å²) in [5, 5.41) is 2.66. The smallest absolute Gasteiger partial charge is 0.228 e. The molecular formula is C25H17NO4. The molecule has 5 heteroatoms. The molecule has 1 aliphatic rings. The molecular weight excluding hydrogens is 378 g/mol. The number of Topliss-reactive ketones (excluding diaryl/α,β-unsaturated/α-hetero) is 2. The van der Waals surface area contributed by atoms with Crippen molar-refractivity contribution in [2.24, 2.45) is 0 Å². The third kappa shape index (κ3) is 3.61. The molecule has 0 spiro atoms. The number of nitrogens with one attached hydrogen (secondary N) is 1. The van der Waals surface area contributed by atoms with Crippen LogP contribution in [0, 0.1) is 0 Å². The highest BCUT2D eigenvalue weighted by atomic mass is 16.2. The second-order valence-electron chi connectivity index (χ2n) is 6.91. The Labute approximate surface area is 173 Å². The Morgan fingerprint density at radius 1 is 0.800 bits per heavy atom. The maximum Gasteiger partial charge on any atom is 0.228 e. The van der Waals surface area contributed by atoms with Crippen LogP contribution >= 0.6 is 0 Å². The molecule has 146 valence electrons. The largest absolute Gasteiger partial charge is 0.322 e. The van der Waals surface area contributed by atoms with Crippen molar-refractivity contribution in [1.82, 2.24) is 5.32 Å². The van der Waals surface area contributed by atoms with Gasteiger partial charge in [0.15, 0.2) is 5.78 Å². The van der Waals surface area contributed by atoms with E-state index in [9.17, 15) is 19.2 Å². The van der Waals surface area contributed by atoms with Crippen molar-refractivity contribution in [3.8, 4) is 0 Å². The predicted molar refractivity (Wildman–Crippen MR) is 112 cm³/mol. The molecule has 30 heavy (non-hydrogen) atoms. The van der Waals surface area contributed by atoms with Gasteiger partial charge in [-0.15, -0.1) is 0 Å². The standard InChI is InChI=1S/C25H17NO4/c27-15-17-9-6-10-18(13-17)22-23(26-21(28)14-16-7-2-1-3-8-16)25(30)20-12-5-4-11-19(20)24(22)29/h1-13,15H,14H2,(H,26,28). The van der Waals surface area contributed by atoms with Crippen LogP contribution < -0.4 is 5.32 Å². The molecule has 5 nitrogen and oxygen atoms in total. The average molecular weight is 395 g/mol. The van der Waals surface area contributed by atoms with E-state index in [0.29, 0.717) is 17.4 Å². The number of rotatable bonds is 5. The van der Waals surface area contributed by atoms with Crippen molar-refractivity contribution in [2.45, 2.75) is 6.42 Å².